The zero-order valence-corrected chi connectivity index (χ0v) is 12.7. The lowest BCUT2D eigenvalue weighted by atomic mass is 9.90. The van der Waals surface area contributed by atoms with Crippen LogP contribution in [0.25, 0.3) is 0 Å². The second kappa shape index (κ2) is 6.70. The minimum absolute atomic E-state index is 0.236. The Bertz CT molecular complexity index is 513. The number of ether oxygens (including phenoxy) is 1. The highest BCUT2D eigenvalue weighted by molar-refractivity contribution is 5.75. The van der Waals surface area contributed by atoms with Gasteiger partial charge in [-0.15, -0.1) is 0 Å². The molecule has 0 aromatic heterocycles. The summed E-state index contributed by atoms with van der Waals surface area (Å²) in [5, 5.41) is 18.9. The first-order valence-corrected chi connectivity index (χ1v) is 6.85. The molecule has 0 aliphatic rings. The highest BCUT2D eigenvalue weighted by Crippen LogP contribution is 2.23. The molecule has 0 aliphatic carbocycles. The van der Waals surface area contributed by atoms with E-state index in [0.29, 0.717) is 6.42 Å². The van der Waals surface area contributed by atoms with Gasteiger partial charge >= 0.3 is 5.97 Å². The molecule has 0 radical (unpaired) electrons. The predicted octanol–water partition coefficient (Wildman–Crippen LogP) is 1.75. The number of nitrogens with two attached hydrogens (primary N) is 1. The molecule has 2 atom stereocenters. The first-order valence-electron chi connectivity index (χ1n) is 6.85. The summed E-state index contributed by atoms with van der Waals surface area (Å²) in [6.45, 7) is 5.17. The van der Waals surface area contributed by atoms with Crippen LogP contribution in [0.15, 0.2) is 30.3 Å². The summed E-state index contributed by atoms with van der Waals surface area (Å²) >= 11 is 0. The first kappa shape index (κ1) is 17.2. The summed E-state index contributed by atoms with van der Waals surface area (Å²) in [7, 11) is 0. The number of nitrogens with zero attached hydrogens (tertiary/aromatic N) is 1. The van der Waals surface area contributed by atoms with Crippen LogP contribution in [-0.2, 0) is 16.0 Å². The monoisotopic (exact) mass is 290 g/mol. The largest absolute Gasteiger partial charge is 0.460 e. The number of hydrogen-bond donors (Lipinski definition) is 2. The van der Waals surface area contributed by atoms with E-state index in [1.807, 2.05) is 30.3 Å². The maximum absolute atomic E-state index is 12.2. The van der Waals surface area contributed by atoms with E-state index in [1.165, 1.54) is 0 Å². The van der Waals surface area contributed by atoms with E-state index in [9.17, 15) is 9.90 Å². The first-order chi connectivity index (χ1) is 9.65. The number of hydrogen-bond acceptors (Lipinski definition) is 5. The van der Waals surface area contributed by atoms with E-state index >= 15 is 0 Å². The van der Waals surface area contributed by atoms with Gasteiger partial charge in [0.25, 0.3) is 0 Å². The van der Waals surface area contributed by atoms with Gasteiger partial charge in [0.2, 0.25) is 5.72 Å². The molecule has 1 aromatic carbocycles. The van der Waals surface area contributed by atoms with Gasteiger partial charge in [-0.2, -0.15) is 5.26 Å². The lowest BCUT2D eigenvalue weighted by Gasteiger charge is -2.28. The summed E-state index contributed by atoms with van der Waals surface area (Å²) in [5.41, 5.74) is 3.60. The SMILES string of the molecule is CC(C)(C)OC(=O)[C@@H](CCc1ccccc1)C(N)(O)C#N. The molecule has 21 heavy (non-hydrogen) atoms. The molecule has 5 heteroatoms. The molecule has 5 nitrogen and oxygen atoms in total. The normalized spacial score (nSPS) is 15.6. The standard InChI is InChI=1S/C16H22N2O3/c1-15(2,3)21-14(19)13(16(18,20)11-17)10-9-12-7-5-4-6-8-12/h4-8,13,20H,9-10,18H2,1-3H3/t13-,16?/m1/s1. The average molecular weight is 290 g/mol. The van der Waals surface area contributed by atoms with Crippen LogP contribution >= 0.6 is 0 Å². The Labute approximate surface area is 125 Å². The van der Waals surface area contributed by atoms with E-state index in [2.05, 4.69) is 0 Å². The summed E-state index contributed by atoms with van der Waals surface area (Å²) in [4.78, 5) is 12.2. The van der Waals surface area contributed by atoms with Gasteiger partial charge in [-0.3, -0.25) is 10.5 Å². The van der Waals surface area contributed by atoms with Crippen molar-refractivity contribution in [2.45, 2.75) is 44.9 Å². The zero-order valence-electron chi connectivity index (χ0n) is 12.7. The van der Waals surface area contributed by atoms with Crippen LogP contribution in [-0.4, -0.2) is 22.4 Å². The molecule has 0 fully saturated rings. The van der Waals surface area contributed by atoms with Crippen LogP contribution in [0.5, 0.6) is 0 Å². The second-order valence-electron chi connectivity index (χ2n) is 6.05. The number of nitriles is 1. The Balaban J connectivity index is 2.84. The molecule has 0 spiro atoms. The van der Waals surface area contributed by atoms with Crippen molar-refractivity contribution in [2.75, 3.05) is 0 Å². The van der Waals surface area contributed by atoms with Gasteiger partial charge in [0.15, 0.2) is 0 Å². The van der Waals surface area contributed by atoms with Gasteiger partial charge in [-0.25, -0.2) is 0 Å². The molecule has 114 valence electrons. The molecule has 1 unspecified atom stereocenters. The number of carbonyl (C=O) groups is 1. The van der Waals surface area contributed by atoms with Gasteiger partial charge in [-0.1, -0.05) is 30.3 Å². The molecular formula is C16H22N2O3. The summed E-state index contributed by atoms with van der Waals surface area (Å²) in [5.74, 6) is -1.76. The van der Waals surface area contributed by atoms with E-state index < -0.39 is 23.2 Å². The topological polar surface area (TPSA) is 96.3 Å². The Hall–Kier alpha value is -1.90. The number of aliphatic hydroxyl groups is 1. The number of aryl methyl sites for hydroxylation is 1. The fourth-order valence-corrected chi connectivity index (χ4v) is 1.92. The van der Waals surface area contributed by atoms with Crippen molar-refractivity contribution in [3.8, 4) is 6.07 Å². The lowest BCUT2D eigenvalue weighted by Crippen LogP contribution is -2.51. The molecule has 0 heterocycles. The van der Waals surface area contributed by atoms with Crippen LogP contribution in [0.4, 0.5) is 0 Å². The quantitative estimate of drug-likeness (QED) is 0.489. The summed E-state index contributed by atoms with van der Waals surface area (Å²) < 4.78 is 5.25. The number of rotatable bonds is 5. The minimum atomic E-state index is -2.24. The third-order valence-electron chi connectivity index (χ3n) is 2.97. The Morgan fingerprint density at radius 1 is 1.38 bits per heavy atom. The fourth-order valence-electron chi connectivity index (χ4n) is 1.92. The second-order valence-corrected chi connectivity index (χ2v) is 6.05. The maximum Gasteiger partial charge on any atom is 0.314 e. The van der Waals surface area contributed by atoms with Gasteiger partial charge in [-0.05, 0) is 39.2 Å². The smallest absolute Gasteiger partial charge is 0.314 e. The maximum atomic E-state index is 12.2. The molecule has 1 rings (SSSR count). The molecule has 0 bridgehead atoms. The summed E-state index contributed by atoms with van der Waals surface area (Å²) in [6, 6.07) is 11.1. The number of carbonyl (C=O) groups excluding carboxylic acids is 1. The molecular weight excluding hydrogens is 268 g/mol. The average Bonchev–Trinajstić information content (AvgIpc) is 2.38. The summed E-state index contributed by atoms with van der Waals surface area (Å²) in [6.07, 6.45) is 0.755. The minimum Gasteiger partial charge on any atom is -0.460 e. The van der Waals surface area contributed by atoms with Crippen molar-refractivity contribution >= 4 is 5.97 Å². The van der Waals surface area contributed by atoms with Gasteiger partial charge in [0.05, 0.1) is 0 Å². The number of esters is 1. The van der Waals surface area contributed by atoms with Crippen molar-refractivity contribution < 1.29 is 14.6 Å². The van der Waals surface area contributed by atoms with Gasteiger partial charge in [0, 0.05) is 0 Å². The Morgan fingerprint density at radius 3 is 2.43 bits per heavy atom. The molecule has 0 saturated carbocycles. The van der Waals surface area contributed by atoms with Crippen LogP contribution in [0, 0.1) is 17.2 Å². The molecule has 0 saturated heterocycles. The van der Waals surface area contributed by atoms with Crippen molar-refractivity contribution in [1.82, 2.24) is 0 Å². The number of benzene rings is 1. The highest BCUT2D eigenvalue weighted by atomic mass is 16.6. The van der Waals surface area contributed by atoms with E-state index in [0.717, 1.165) is 5.56 Å². The lowest BCUT2D eigenvalue weighted by molar-refractivity contribution is -0.167. The van der Waals surface area contributed by atoms with Crippen molar-refractivity contribution in [3.63, 3.8) is 0 Å². The molecule has 0 aliphatic heterocycles. The molecule has 3 N–H and O–H groups in total. The van der Waals surface area contributed by atoms with E-state index in [4.69, 9.17) is 15.7 Å². The molecule has 1 aromatic rings. The van der Waals surface area contributed by atoms with E-state index in [-0.39, 0.29) is 6.42 Å². The van der Waals surface area contributed by atoms with Crippen molar-refractivity contribution in [1.29, 1.82) is 5.26 Å². The third-order valence-corrected chi connectivity index (χ3v) is 2.97. The van der Waals surface area contributed by atoms with Crippen molar-refractivity contribution in [2.24, 2.45) is 11.7 Å². The highest BCUT2D eigenvalue weighted by Gasteiger charge is 2.40. The van der Waals surface area contributed by atoms with Crippen LogP contribution < -0.4 is 5.73 Å². The van der Waals surface area contributed by atoms with Crippen LogP contribution in [0.2, 0.25) is 0 Å². The zero-order chi connectivity index (χ0) is 16.1. The van der Waals surface area contributed by atoms with Crippen LogP contribution in [0.1, 0.15) is 32.8 Å². The fraction of sp³-hybridized carbons (Fsp3) is 0.500. The van der Waals surface area contributed by atoms with Crippen LogP contribution in [0.3, 0.4) is 0 Å². The Morgan fingerprint density at radius 2 is 1.95 bits per heavy atom. The predicted molar refractivity (Wildman–Crippen MR) is 78.8 cm³/mol. The van der Waals surface area contributed by atoms with Crippen molar-refractivity contribution in [3.05, 3.63) is 35.9 Å². The van der Waals surface area contributed by atoms with E-state index in [1.54, 1.807) is 26.8 Å². The molecule has 0 amide bonds. The Kier molecular flexibility index (Phi) is 5.47. The third kappa shape index (κ3) is 5.54. The van der Waals surface area contributed by atoms with Gasteiger partial charge in [0.1, 0.15) is 17.6 Å². The van der Waals surface area contributed by atoms with Gasteiger partial charge < -0.3 is 9.84 Å².